The molecular weight excluding hydrogens is 288 g/mol. The molecule has 17 heavy (non-hydrogen) atoms. The lowest BCUT2D eigenvalue weighted by Crippen LogP contribution is -2.21. The lowest BCUT2D eigenvalue weighted by molar-refractivity contribution is 0.392. The average molecular weight is 301 g/mol. The van der Waals surface area contributed by atoms with Crippen molar-refractivity contribution in [2.24, 2.45) is 21.7 Å². The van der Waals surface area contributed by atoms with Crippen LogP contribution in [0, 0.1) is 0 Å². The third-order valence-electron chi connectivity index (χ3n) is 1.87. The summed E-state index contributed by atoms with van der Waals surface area (Å²) in [5.74, 6) is 1.17. The van der Waals surface area contributed by atoms with Crippen LogP contribution >= 0.6 is 15.9 Å². The summed E-state index contributed by atoms with van der Waals surface area (Å²) in [6, 6.07) is 3.53. The van der Waals surface area contributed by atoms with Crippen LogP contribution in [0.2, 0.25) is 0 Å². The van der Waals surface area contributed by atoms with Crippen molar-refractivity contribution in [2.45, 2.75) is 0 Å². The van der Waals surface area contributed by atoms with E-state index < -0.39 is 0 Å². The molecule has 0 aliphatic heterocycles. The summed E-state index contributed by atoms with van der Waals surface area (Å²) >= 11 is 3.36. The van der Waals surface area contributed by atoms with Crippen molar-refractivity contribution in [1.29, 1.82) is 0 Å². The highest BCUT2D eigenvalue weighted by atomic mass is 79.9. The van der Waals surface area contributed by atoms with Crippen molar-refractivity contribution in [3.05, 3.63) is 22.2 Å². The first-order chi connectivity index (χ1) is 8.08. The topological polar surface area (TPSA) is 95.2 Å². The summed E-state index contributed by atoms with van der Waals surface area (Å²) < 4.78 is 11.1. The smallest absolute Gasteiger partial charge is 0.211 e. The van der Waals surface area contributed by atoms with E-state index in [1.54, 1.807) is 26.4 Å². The summed E-state index contributed by atoms with van der Waals surface area (Å²) in [7, 11) is 3.13. The minimum Gasteiger partial charge on any atom is -0.496 e. The number of hydrogen-bond acceptors (Lipinski definition) is 4. The van der Waals surface area contributed by atoms with Gasteiger partial charge in [-0.15, -0.1) is 5.10 Å². The Kier molecular flexibility index (Phi) is 4.77. The largest absolute Gasteiger partial charge is 0.496 e. The molecule has 7 heteroatoms. The molecule has 0 aliphatic carbocycles. The maximum atomic E-state index is 5.20. The van der Waals surface area contributed by atoms with E-state index in [1.165, 1.54) is 6.21 Å². The van der Waals surface area contributed by atoms with Crippen LogP contribution in [-0.4, -0.2) is 26.4 Å². The molecule has 1 rings (SSSR count). The second-order valence-electron chi connectivity index (χ2n) is 3.00. The van der Waals surface area contributed by atoms with Crippen LogP contribution in [0.4, 0.5) is 0 Å². The fourth-order valence-corrected chi connectivity index (χ4v) is 1.66. The summed E-state index contributed by atoms with van der Waals surface area (Å²) in [6.07, 6.45) is 1.49. The maximum absolute atomic E-state index is 5.20. The van der Waals surface area contributed by atoms with Crippen LogP contribution in [-0.2, 0) is 0 Å². The number of rotatable bonds is 4. The van der Waals surface area contributed by atoms with Gasteiger partial charge in [-0.25, -0.2) is 0 Å². The van der Waals surface area contributed by atoms with Gasteiger partial charge in [0.2, 0.25) is 5.96 Å². The molecule has 0 unspecified atom stereocenters. The first kappa shape index (κ1) is 13.3. The van der Waals surface area contributed by atoms with E-state index in [9.17, 15) is 0 Å². The van der Waals surface area contributed by atoms with E-state index in [0.29, 0.717) is 11.5 Å². The lowest BCUT2D eigenvalue weighted by atomic mass is 10.2. The molecule has 0 aliphatic rings. The molecule has 0 atom stereocenters. The molecule has 0 spiro atoms. The van der Waals surface area contributed by atoms with Gasteiger partial charge in [0.15, 0.2) is 0 Å². The molecule has 1 aromatic carbocycles. The zero-order valence-electron chi connectivity index (χ0n) is 9.48. The van der Waals surface area contributed by atoms with Gasteiger partial charge >= 0.3 is 0 Å². The minimum absolute atomic E-state index is 0.104. The van der Waals surface area contributed by atoms with Gasteiger partial charge in [0, 0.05) is 11.6 Å². The fourth-order valence-electron chi connectivity index (χ4n) is 1.14. The van der Waals surface area contributed by atoms with E-state index in [0.717, 1.165) is 10.0 Å². The van der Waals surface area contributed by atoms with Gasteiger partial charge in [-0.05, 0) is 22.0 Å². The summed E-state index contributed by atoms with van der Waals surface area (Å²) in [6.45, 7) is 0. The molecule has 0 saturated heterocycles. The normalized spacial score (nSPS) is 10.3. The van der Waals surface area contributed by atoms with Crippen LogP contribution in [0.25, 0.3) is 0 Å². The zero-order chi connectivity index (χ0) is 12.8. The van der Waals surface area contributed by atoms with Crippen molar-refractivity contribution in [3.8, 4) is 11.5 Å². The fraction of sp³-hybridized carbons (Fsp3) is 0.200. The van der Waals surface area contributed by atoms with Gasteiger partial charge in [-0.3, -0.25) is 0 Å². The van der Waals surface area contributed by atoms with Crippen molar-refractivity contribution < 1.29 is 9.47 Å². The van der Waals surface area contributed by atoms with E-state index >= 15 is 0 Å². The Labute approximate surface area is 107 Å². The SMILES string of the molecule is COc1cc(OC)c(C=NN=C(N)N)cc1Br. The molecule has 0 fully saturated rings. The minimum atomic E-state index is -0.104. The first-order valence-corrected chi connectivity index (χ1v) is 5.41. The highest BCUT2D eigenvalue weighted by Gasteiger charge is 2.07. The Hall–Kier alpha value is -1.76. The molecular formula is C10H13BrN4O2. The van der Waals surface area contributed by atoms with E-state index in [4.69, 9.17) is 20.9 Å². The molecule has 4 N–H and O–H groups in total. The average Bonchev–Trinajstić information content (AvgIpc) is 2.29. The molecule has 0 aromatic heterocycles. The Morgan fingerprint density at radius 1 is 1.24 bits per heavy atom. The number of benzene rings is 1. The first-order valence-electron chi connectivity index (χ1n) is 4.62. The van der Waals surface area contributed by atoms with Gasteiger partial charge in [-0.1, -0.05) is 0 Å². The number of nitrogens with zero attached hydrogens (tertiary/aromatic N) is 2. The molecule has 0 saturated carbocycles. The highest BCUT2D eigenvalue weighted by Crippen LogP contribution is 2.31. The highest BCUT2D eigenvalue weighted by molar-refractivity contribution is 9.10. The number of halogens is 1. The number of guanidine groups is 1. The lowest BCUT2D eigenvalue weighted by Gasteiger charge is -2.08. The molecule has 0 amide bonds. The van der Waals surface area contributed by atoms with Crippen molar-refractivity contribution in [2.75, 3.05) is 14.2 Å². The van der Waals surface area contributed by atoms with Gasteiger partial charge < -0.3 is 20.9 Å². The Bertz CT molecular complexity index is 456. The van der Waals surface area contributed by atoms with Crippen molar-refractivity contribution in [3.63, 3.8) is 0 Å². The van der Waals surface area contributed by atoms with Gasteiger partial charge in [0.05, 0.1) is 24.9 Å². The zero-order valence-corrected chi connectivity index (χ0v) is 11.1. The van der Waals surface area contributed by atoms with Crippen LogP contribution < -0.4 is 20.9 Å². The summed E-state index contributed by atoms with van der Waals surface area (Å²) in [5.41, 5.74) is 11.0. The van der Waals surface area contributed by atoms with Crippen LogP contribution in [0.1, 0.15) is 5.56 Å². The number of methoxy groups -OCH3 is 2. The Morgan fingerprint density at radius 2 is 1.88 bits per heavy atom. The van der Waals surface area contributed by atoms with Crippen LogP contribution in [0.5, 0.6) is 11.5 Å². The van der Waals surface area contributed by atoms with E-state index in [-0.39, 0.29) is 5.96 Å². The van der Waals surface area contributed by atoms with Crippen molar-refractivity contribution >= 4 is 28.1 Å². The molecule has 0 heterocycles. The quantitative estimate of drug-likeness (QED) is 0.494. The predicted octanol–water partition coefficient (Wildman–Crippen LogP) is 1.07. The number of hydrogen-bond donors (Lipinski definition) is 2. The predicted molar refractivity (Wildman–Crippen MR) is 70.6 cm³/mol. The van der Waals surface area contributed by atoms with Gasteiger partial charge in [-0.2, -0.15) is 5.10 Å². The monoisotopic (exact) mass is 300 g/mol. The molecule has 1 aromatic rings. The van der Waals surface area contributed by atoms with Gasteiger partial charge in [0.1, 0.15) is 11.5 Å². The Morgan fingerprint density at radius 3 is 2.41 bits per heavy atom. The van der Waals surface area contributed by atoms with Crippen LogP contribution in [0.15, 0.2) is 26.8 Å². The standard InChI is InChI=1S/C10H13BrN4O2/c1-16-8-4-9(17-2)7(11)3-6(8)5-14-15-10(12)13/h3-5H,1-2H3,(H4,12,13,15). The third kappa shape index (κ3) is 3.63. The van der Waals surface area contributed by atoms with Crippen molar-refractivity contribution in [1.82, 2.24) is 0 Å². The molecule has 0 radical (unpaired) electrons. The second kappa shape index (κ2) is 6.09. The summed E-state index contributed by atoms with van der Waals surface area (Å²) in [4.78, 5) is 0. The maximum Gasteiger partial charge on any atom is 0.211 e. The van der Waals surface area contributed by atoms with Crippen LogP contribution in [0.3, 0.4) is 0 Å². The van der Waals surface area contributed by atoms with E-state index in [1.807, 2.05) is 0 Å². The molecule has 0 bridgehead atoms. The second-order valence-corrected chi connectivity index (χ2v) is 3.85. The number of ether oxygens (including phenoxy) is 2. The van der Waals surface area contributed by atoms with E-state index in [2.05, 4.69) is 26.1 Å². The van der Waals surface area contributed by atoms with Gasteiger partial charge in [0.25, 0.3) is 0 Å². The third-order valence-corrected chi connectivity index (χ3v) is 2.49. The summed E-state index contributed by atoms with van der Waals surface area (Å²) in [5, 5.41) is 7.22. The Balaban J connectivity index is 3.11. The molecule has 6 nitrogen and oxygen atoms in total. The molecule has 92 valence electrons. The number of nitrogens with two attached hydrogens (primary N) is 2.